The van der Waals surface area contributed by atoms with Gasteiger partial charge in [0.05, 0.1) is 23.6 Å². The Morgan fingerprint density at radius 1 is 1.11 bits per heavy atom. The summed E-state index contributed by atoms with van der Waals surface area (Å²) in [5, 5.41) is 3.29. The molecule has 0 saturated carbocycles. The van der Waals surface area contributed by atoms with Crippen LogP contribution in [0.3, 0.4) is 0 Å². The quantitative estimate of drug-likeness (QED) is 0.722. The highest BCUT2D eigenvalue weighted by atomic mass is 16.5. The summed E-state index contributed by atoms with van der Waals surface area (Å²) in [4.78, 5) is 41.0. The lowest BCUT2D eigenvalue weighted by atomic mass is 10.1. The number of carbonyl (C=O) groups is 2. The SMILES string of the molecule is COC(=O)c1ccc(NC(=O)c2ccc3c(=O)n4c(nc3c2)CCC4)cc1. The molecule has 27 heavy (non-hydrogen) atoms. The summed E-state index contributed by atoms with van der Waals surface area (Å²) >= 11 is 0. The lowest BCUT2D eigenvalue weighted by Crippen LogP contribution is -2.21. The van der Waals surface area contributed by atoms with E-state index in [0.717, 1.165) is 18.7 Å². The standard InChI is InChI=1S/C20H17N3O4/c1-27-20(26)12-4-7-14(8-5-12)21-18(24)13-6-9-15-16(11-13)22-17-3-2-10-23(17)19(15)25/h4-9,11H,2-3,10H2,1H3,(H,21,24). The number of methoxy groups -OCH3 is 1. The minimum atomic E-state index is -0.438. The van der Waals surface area contributed by atoms with Gasteiger partial charge < -0.3 is 10.1 Å². The van der Waals surface area contributed by atoms with Crippen LogP contribution in [0.5, 0.6) is 0 Å². The zero-order valence-corrected chi connectivity index (χ0v) is 14.7. The van der Waals surface area contributed by atoms with E-state index in [1.165, 1.54) is 7.11 Å². The first-order chi connectivity index (χ1) is 13.1. The van der Waals surface area contributed by atoms with E-state index < -0.39 is 5.97 Å². The molecule has 1 aliphatic rings. The number of benzene rings is 2. The number of hydrogen-bond acceptors (Lipinski definition) is 5. The normalized spacial score (nSPS) is 12.6. The number of hydrogen-bond donors (Lipinski definition) is 1. The predicted octanol–water partition coefficient (Wildman–Crippen LogP) is 2.38. The molecule has 0 unspecified atom stereocenters. The van der Waals surface area contributed by atoms with Crippen molar-refractivity contribution in [2.75, 3.05) is 12.4 Å². The molecular weight excluding hydrogens is 346 g/mol. The number of anilines is 1. The Labute approximate surface area is 154 Å². The Morgan fingerprint density at radius 3 is 2.59 bits per heavy atom. The number of rotatable bonds is 3. The maximum Gasteiger partial charge on any atom is 0.337 e. The van der Waals surface area contributed by atoms with E-state index >= 15 is 0 Å². The monoisotopic (exact) mass is 363 g/mol. The molecule has 0 spiro atoms. The van der Waals surface area contributed by atoms with Gasteiger partial charge in [0.1, 0.15) is 5.82 Å². The van der Waals surface area contributed by atoms with Gasteiger partial charge in [0, 0.05) is 24.2 Å². The molecule has 3 aromatic rings. The van der Waals surface area contributed by atoms with Gasteiger partial charge >= 0.3 is 5.97 Å². The second-order valence-corrected chi connectivity index (χ2v) is 6.34. The fourth-order valence-electron chi connectivity index (χ4n) is 3.24. The number of aromatic nitrogens is 2. The van der Waals surface area contributed by atoms with Crippen molar-refractivity contribution in [3.05, 3.63) is 69.8 Å². The first-order valence-electron chi connectivity index (χ1n) is 8.60. The highest BCUT2D eigenvalue weighted by Gasteiger charge is 2.17. The third-order valence-corrected chi connectivity index (χ3v) is 4.64. The fraction of sp³-hybridized carbons (Fsp3) is 0.200. The van der Waals surface area contributed by atoms with Crippen LogP contribution in [0.4, 0.5) is 5.69 Å². The van der Waals surface area contributed by atoms with Crippen LogP contribution in [0.1, 0.15) is 33.0 Å². The number of ether oxygens (including phenoxy) is 1. The van der Waals surface area contributed by atoms with Gasteiger partial charge in [-0.2, -0.15) is 0 Å². The summed E-state index contributed by atoms with van der Waals surface area (Å²) in [5.41, 5.74) is 1.84. The molecule has 0 atom stereocenters. The van der Waals surface area contributed by atoms with Crippen LogP contribution in [-0.2, 0) is 17.7 Å². The van der Waals surface area contributed by atoms with E-state index in [-0.39, 0.29) is 11.5 Å². The predicted molar refractivity (Wildman–Crippen MR) is 100 cm³/mol. The van der Waals surface area contributed by atoms with Crippen LogP contribution in [0, 0.1) is 0 Å². The van der Waals surface area contributed by atoms with Gasteiger partial charge in [-0.1, -0.05) is 0 Å². The van der Waals surface area contributed by atoms with Gasteiger partial charge in [0.15, 0.2) is 0 Å². The second kappa shape index (κ2) is 6.68. The molecule has 7 heteroatoms. The van der Waals surface area contributed by atoms with E-state index in [1.807, 2.05) is 0 Å². The van der Waals surface area contributed by atoms with Crippen LogP contribution in [0.15, 0.2) is 47.3 Å². The van der Waals surface area contributed by atoms with Crippen LogP contribution < -0.4 is 10.9 Å². The van der Waals surface area contributed by atoms with Crippen molar-refractivity contribution in [1.29, 1.82) is 0 Å². The largest absolute Gasteiger partial charge is 0.465 e. The van der Waals surface area contributed by atoms with Gasteiger partial charge in [-0.3, -0.25) is 14.2 Å². The fourth-order valence-corrected chi connectivity index (χ4v) is 3.24. The second-order valence-electron chi connectivity index (χ2n) is 6.34. The minimum Gasteiger partial charge on any atom is -0.465 e. The maximum atomic E-state index is 12.5. The summed E-state index contributed by atoms with van der Waals surface area (Å²) in [6.07, 6.45) is 1.68. The summed E-state index contributed by atoms with van der Waals surface area (Å²) in [6, 6.07) is 11.3. The highest BCUT2D eigenvalue weighted by Crippen LogP contribution is 2.17. The molecule has 1 N–H and O–H groups in total. The van der Waals surface area contributed by atoms with Crippen molar-refractivity contribution < 1.29 is 14.3 Å². The highest BCUT2D eigenvalue weighted by molar-refractivity contribution is 6.06. The summed E-state index contributed by atoms with van der Waals surface area (Å²) in [7, 11) is 1.31. The molecule has 0 bridgehead atoms. The summed E-state index contributed by atoms with van der Waals surface area (Å²) in [6.45, 7) is 0.695. The first-order valence-corrected chi connectivity index (χ1v) is 8.60. The van der Waals surface area contributed by atoms with Crippen molar-refractivity contribution in [3.63, 3.8) is 0 Å². The third-order valence-electron chi connectivity index (χ3n) is 4.64. The van der Waals surface area contributed by atoms with Crippen LogP contribution >= 0.6 is 0 Å². The molecular formula is C20H17N3O4. The Kier molecular flexibility index (Phi) is 4.19. The average molecular weight is 363 g/mol. The van der Waals surface area contributed by atoms with Crippen molar-refractivity contribution in [2.45, 2.75) is 19.4 Å². The molecule has 2 heterocycles. The number of fused-ring (bicyclic) bond motifs is 2. The van der Waals surface area contributed by atoms with E-state index in [0.29, 0.717) is 34.3 Å². The van der Waals surface area contributed by atoms with Crippen molar-refractivity contribution in [2.24, 2.45) is 0 Å². The van der Waals surface area contributed by atoms with E-state index in [9.17, 15) is 14.4 Å². The van der Waals surface area contributed by atoms with Crippen LogP contribution in [0.2, 0.25) is 0 Å². The first kappa shape index (κ1) is 17.0. The molecule has 7 nitrogen and oxygen atoms in total. The van der Waals surface area contributed by atoms with Crippen molar-refractivity contribution in [3.8, 4) is 0 Å². The number of carbonyl (C=O) groups excluding carboxylic acids is 2. The average Bonchev–Trinajstić information content (AvgIpc) is 3.16. The zero-order valence-electron chi connectivity index (χ0n) is 14.7. The molecule has 0 radical (unpaired) electrons. The van der Waals surface area contributed by atoms with Crippen molar-refractivity contribution >= 4 is 28.5 Å². The van der Waals surface area contributed by atoms with E-state index in [2.05, 4.69) is 15.0 Å². The van der Waals surface area contributed by atoms with Crippen LogP contribution in [-0.4, -0.2) is 28.5 Å². The van der Waals surface area contributed by atoms with E-state index in [1.54, 1.807) is 47.0 Å². The Morgan fingerprint density at radius 2 is 1.85 bits per heavy atom. The molecule has 0 saturated heterocycles. The lowest BCUT2D eigenvalue weighted by molar-refractivity contribution is 0.0600. The molecule has 2 aromatic carbocycles. The number of nitrogens with one attached hydrogen (secondary N) is 1. The Balaban J connectivity index is 1.60. The molecule has 1 amide bonds. The number of nitrogens with zero attached hydrogens (tertiary/aromatic N) is 2. The zero-order chi connectivity index (χ0) is 19.0. The molecule has 0 aliphatic carbocycles. The van der Waals surface area contributed by atoms with E-state index in [4.69, 9.17) is 0 Å². The molecule has 0 fully saturated rings. The third kappa shape index (κ3) is 3.08. The summed E-state index contributed by atoms with van der Waals surface area (Å²) in [5.74, 6) is 0.0147. The van der Waals surface area contributed by atoms with Crippen LogP contribution in [0.25, 0.3) is 10.9 Å². The van der Waals surface area contributed by atoms with Gasteiger partial charge in [-0.15, -0.1) is 0 Å². The summed E-state index contributed by atoms with van der Waals surface area (Å²) < 4.78 is 6.35. The van der Waals surface area contributed by atoms with Gasteiger partial charge in [0.25, 0.3) is 11.5 Å². The minimum absolute atomic E-state index is 0.0575. The molecule has 136 valence electrons. The Bertz CT molecular complexity index is 1120. The molecule has 4 rings (SSSR count). The van der Waals surface area contributed by atoms with Gasteiger partial charge in [-0.05, 0) is 48.9 Å². The maximum absolute atomic E-state index is 12.5. The topological polar surface area (TPSA) is 90.3 Å². The molecule has 1 aromatic heterocycles. The number of esters is 1. The van der Waals surface area contributed by atoms with Crippen molar-refractivity contribution in [1.82, 2.24) is 9.55 Å². The smallest absolute Gasteiger partial charge is 0.337 e. The van der Waals surface area contributed by atoms with Gasteiger partial charge in [0.2, 0.25) is 0 Å². The number of amides is 1. The number of aryl methyl sites for hydroxylation is 1. The molecule has 1 aliphatic heterocycles. The lowest BCUT2D eigenvalue weighted by Gasteiger charge is -2.08. The Hall–Kier alpha value is -3.48. The van der Waals surface area contributed by atoms with Gasteiger partial charge in [-0.25, -0.2) is 9.78 Å².